The molecule has 5 heteroatoms. The molecule has 1 heterocycles. The van der Waals surface area contributed by atoms with E-state index in [-0.39, 0.29) is 5.91 Å². The quantitative estimate of drug-likeness (QED) is 0.784. The lowest BCUT2D eigenvalue weighted by atomic mass is 10.1. The lowest BCUT2D eigenvalue weighted by Crippen LogP contribution is -2.47. The van der Waals surface area contributed by atoms with E-state index in [1.54, 1.807) is 0 Å². The van der Waals surface area contributed by atoms with Crippen LogP contribution in [0.5, 0.6) is 11.5 Å². The van der Waals surface area contributed by atoms with Crippen molar-refractivity contribution in [2.24, 2.45) is 0 Å². The molecule has 27 heavy (non-hydrogen) atoms. The number of piperazine rings is 1. The molecule has 0 N–H and O–H groups in total. The second-order valence-electron chi connectivity index (χ2n) is 6.96. The second kappa shape index (κ2) is 8.91. The van der Waals surface area contributed by atoms with Crippen molar-refractivity contribution in [3.8, 4) is 11.5 Å². The monoisotopic (exact) mass is 368 g/mol. The second-order valence-corrected chi connectivity index (χ2v) is 6.96. The van der Waals surface area contributed by atoms with Crippen molar-refractivity contribution in [1.29, 1.82) is 0 Å². The van der Waals surface area contributed by atoms with Crippen LogP contribution >= 0.6 is 0 Å². The van der Waals surface area contributed by atoms with Gasteiger partial charge in [0.15, 0.2) is 0 Å². The summed E-state index contributed by atoms with van der Waals surface area (Å²) in [7, 11) is 2.08. The third-order valence-electron chi connectivity index (χ3n) is 4.78. The molecule has 1 amide bonds. The Bertz CT molecular complexity index is 783. The normalized spacial score (nSPS) is 14.9. The Labute approximate surface area is 161 Å². The number of hydrogen-bond donors (Lipinski definition) is 0. The molecule has 0 radical (unpaired) electrons. The summed E-state index contributed by atoms with van der Waals surface area (Å²) in [5, 5.41) is 0. The molecule has 0 saturated carbocycles. The van der Waals surface area contributed by atoms with Crippen molar-refractivity contribution in [1.82, 2.24) is 9.80 Å². The van der Waals surface area contributed by atoms with Gasteiger partial charge in [-0.3, -0.25) is 4.79 Å². The molecule has 0 aromatic heterocycles. The molecule has 3 rings (SSSR count). The zero-order valence-corrected chi connectivity index (χ0v) is 16.4. The Kier molecular flexibility index (Phi) is 6.35. The Hall–Kier alpha value is -2.53. The number of carbonyl (C=O) groups excluding carboxylic acids is 1. The molecule has 0 unspecified atom stereocenters. The molecule has 1 saturated heterocycles. The third-order valence-corrected chi connectivity index (χ3v) is 4.78. The zero-order chi connectivity index (χ0) is 19.2. The Balaban J connectivity index is 1.76. The van der Waals surface area contributed by atoms with Gasteiger partial charge in [0, 0.05) is 37.3 Å². The van der Waals surface area contributed by atoms with Crippen LogP contribution in [0.4, 0.5) is 0 Å². The number of carbonyl (C=O) groups is 1. The molecule has 2 aromatic rings. The van der Waals surface area contributed by atoms with Crippen LogP contribution in [-0.2, 0) is 6.61 Å². The van der Waals surface area contributed by atoms with E-state index in [9.17, 15) is 4.79 Å². The van der Waals surface area contributed by atoms with E-state index in [1.165, 1.54) is 0 Å². The predicted molar refractivity (Wildman–Crippen MR) is 107 cm³/mol. The molecule has 1 aliphatic heterocycles. The first-order valence-electron chi connectivity index (χ1n) is 9.50. The number of hydrogen-bond acceptors (Lipinski definition) is 4. The summed E-state index contributed by atoms with van der Waals surface area (Å²) in [6, 6.07) is 13.6. The summed E-state index contributed by atoms with van der Waals surface area (Å²) in [6.07, 6.45) is 0. The van der Waals surface area contributed by atoms with Gasteiger partial charge in [0.05, 0.1) is 6.61 Å². The maximum absolute atomic E-state index is 12.9. The van der Waals surface area contributed by atoms with Crippen molar-refractivity contribution in [2.45, 2.75) is 20.5 Å². The van der Waals surface area contributed by atoms with Gasteiger partial charge in [-0.25, -0.2) is 0 Å². The van der Waals surface area contributed by atoms with Crippen LogP contribution in [0.1, 0.15) is 28.4 Å². The van der Waals surface area contributed by atoms with Crippen LogP contribution in [0.25, 0.3) is 0 Å². The highest BCUT2D eigenvalue weighted by Crippen LogP contribution is 2.24. The molecule has 0 bridgehead atoms. The summed E-state index contributed by atoms with van der Waals surface area (Å²) in [4.78, 5) is 17.0. The number of nitrogens with zero attached hydrogens (tertiary/aromatic N) is 2. The van der Waals surface area contributed by atoms with E-state index in [0.717, 1.165) is 48.8 Å². The molecule has 1 fully saturated rings. The third kappa shape index (κ3) is 5.01. The largest absolute Gasteiger partial charge is 0.493 e. The SMILES string of the molecule is CCOc1ccc(C(=O)N2CCN(C)CC2)cc1COc1cccc(C)c1. The molecule has 144 valence electrons. The van der Waals surface area contributed by atoms with E-state index >= 15 is 0 Å². The summed E-state index contributed by atoms with van der Waals surface area (Å²) in [6.45, 7) is 8.27. The van der Waals surface area contributed by atoms with Crippen LogP contribution in [0, 0.1) is 6.92 Å². The summed E-state index contributed by atoms with van der Waals surface area (Å²) in [5.74, 6) is 1.65. The molecule has 1 aliphatic rings. The summed E-state index contributed by atoms with van der Waals surface area (Å²) >= 11 is 0. The fraction of sp³-hybridized carbons (Fsp3) is 0.409. The first-order valence-corrected chi connectivity index (χ1v) is 9.50. The highest BCUT2D eigenvalue weighted by molar-refractivity contribution is 5.94. The lowest BCUT2D eigenvalue weighted by molar-refractivity contribution is 0.0664. The molecular formula is C22H28N2O3. The molecule has 2 aromatic carbocycles. The van der Waals surface area contributed by atoms with Crippen molar-refractivity contribution in [3.63, 3.8) is 0 Å². The van der Waals surface area contributed by atoms with Crippen molar-refractivity contribution < 1.29 is 14.3 Å². The number of likely N-dealkylation sites (N-methyl/N-ethyl adjacent to an activating group) is 1. The fourth-order valence-corrected chi connectivity index (χ4v) is 3.18. The van der Waals surface area contributed by atoms with E-state index < -0.39 is 0 Å². The van der Waals surface area contributed by atoms with Gasteiger partial charge in [-0.2, -0.15) is 0 Å². The van der Waals surface area contributed by atoms with Crippen LogP contribution in [-0.4, -0.2) is 55.5 Å². The lowest BCUT2D eigenvalue weighted by Gasteiger charge is -2.32. The minimum Gasteiger partial charge on any atom is -0.493 e. The number of rotatable bonds is 6. The average Bonchev–Trinajstić information content (AvgIpc) is 2.67. The molecule has 5 nitrogen and oxygen atoms in total. The van der Waals surface area contributed by atoms with Crippen molar-refractivity contribution >= 4 is 5.91 Å². The van der Waals surface area contributed by atoms with Crippen LogP contribution in [0.3, 0.4) is 0 Å². The van der Waals surface area contributed by atoms with E-state index in [0.29, 0.717) is 18.8 Å². The van der Waals surface area contributed by atoms with Gasteiger partial charge in [0.1, 0.15) is 18.1 Å². The van der Waals surface area contributed by atoms with Gasteiger partial charge in [-0.1, -0.05) is 12.1 Å². The first-order chi connectivity index (χ1) is 13.1. The maximum atomic E-state index is 12.9. The highest BCUT2D eigenvalue weighted by Gasteiger charge is 2.21. The van der Waals surface area contributed by atoms with E-state index in [4.69, 9.17) is 9.47 Å². The number of benzene rings is 2. The zero-order valence-electron chi connectivity index (χ0n) is 16.4. The van der Waals surface area contributed by atoms with Gasteiger partial charge in [-0.15, -0.1) is 0 Å². The van der Waals surface area contributed by atoms with Gasteiger partial charge < -0.3 is 19.3 Å². The van der Waals surface area contributed by atoms with Crippen molar-refractivity contribution in [2.75, 3.05) is 39.8 Å². The maximum Gasteiger partial charge on any atom is 0.253 e. The Morgan fingerprint density at radius 3 is 2.52 bits per heavy atom. The molecule has 0 aliphatic carbocycles. The smallest absolute Gasteiger partial charge is 0.253 e. The first kappa shape index (κ1) is 19.2. The minimum absolute atomic E-state index is 0.0722. The fourth-order valence-electron chi connectivity index (χ4n) is 3.18. The molecule has 0 atom stereocenters. The van der Waals surface area contributed by atoms with Gasteiger partial charge in [0.2, 0.25) is 0 Å². The molecular weight excluding hydrogens is 340 g/mol. The highest BCUT2D eigenvalue weighted by atomic mass is 16.5. The van der Waals surface area contributed by atoms with E-state index in [2.05, 4.69) is 11.9 Å². The predicted octanol–water partition coefficient (Wildman–Crippen LogP) is 3.36. The number of amides is 1. The topological polar surface area (TPSA) is 42.0 Å². The average molecular weight is 368 g/mol. The van der Waals surface area contributed by atoms with Gasteiger partial charge in [-0.05, 0) is 56.8 Å². The standard InChI is InChI=1S/C22H28N2O3/c1-4-26-21-9-8-18(22(25)24-12-10-23(3)11-13-24)15-19(21)16-27-20-7-5-6-17(2)14-20/h5-9,14-15H,4,10-13,16H2,1-3H3. The van der Waals surface area contributed by atoms with Gasteiger partial charge in [0.25, 0.3) is 5.91 Å². The number of aryl methyl sites for hydroxylation is 1. The van der Waals surface area contributed by atoms with Crippen LogP contribution in [0.15, 0.2) is 42.5 Å². The Morgan fingerprint density at radius 2 is 1.81 bits per heavy atom. The van der Waals surface area contributed by atoms with Crippen molar-refractivity contribution in [3.05, 3.63) is 59.2 Å². The Morgan fingerprint density at radius 1 is 1.04 bits per heavy atom. The molecule has 0 spiro atoms. The van der Waals surface area contributed by atoms with Crippen LogP contribution in [0.2, 0.25) is 0 Å². The van der Waals surface area contributed by atoms with Crippen LogP contribution < -0.4 is 9.47 Å². The summed E-state index contributed by atoms with van der Waals surface area (Å²) < 4.78 is 11.7. The van der Waals surface area contributed by atoms with Gasteiger partial charge >= 0.3 is 0 Å². The van der Waals surface area contributed by atoms with E-state index in [1.807, 2.05) is 61.2 Å². The number of ether oxygens (including phenoxy) is 2. The minimum atomic E-state index is 0.0722. The summed E-state index contributed by atoms with van der Waals surface area (Å²) in [5.41, 5.74) is 2.72.